The maximum Gasteiger partial charge on any atom is 0.211 e. The second-order valence-electron chi connectivity index (χ2n) is 3.47. The molecule has 0 radical (unpaired) electrons. The molecule has 72 valence electrons. The predicted octanol–water partition coefficient (Wildman–Crippen LogP) is 0.934. The molecule has 2 rings (SSSR count). The summed E-state index contributed by atoms with van der Waals surface area (Å²) in [7, 11) is 2.07. The smallest absolute Gasteiger partial charge is 0.211 e. The molecule has 1 fully saturated rings. The summed E-state index contributed by atoms with van der Waals surface area (Å²) in [5.74, 6) is 0.740. The molecular formula is C9H14N2O2. The molecule has 0 amide bonds. The fraction of sp³-hybridized carbons (Fsp3) is 0.667. The van der Waals surface area contributed by atoms with Gasteiger partial charge in [-0.15, -0.1) is 0 Å². The lowest BCUT2D eigenvalue weighted by Gasteiger charge is -2.14. The van der Waals surface area contributed by atoms with E-state index in [0.717, 1.165) is 18.9 Å². The van der Waals surface area contributed by atoms with Crippen LogP contribution in [0.1, 0.15) is 30.5 Å². The van der Waals surface area contributed by atoms with E-state index in [1.807, 2.05) is 0 Å². The summed E-state index contributed by atoms with van der Waals surface area (Å²) in [5.41, 5.74) is 0.621. The summed E-state index contributed by atoms with van der Waals surface area (Å²) in [6, 6.07) is 0.306. The van der Waals surface area contributed by atoms with Crippen LogP contribution in [0.25, 0.3) is 0 Å². The molecule has 1 unspecified atom stereocenters. The van der Waals surface area contributed by atoms with Crippen molar-refractivity contribution in [2.45, 2.75) is 25.5 Å². The first kappa shape index (κ1) is 8.72. The molecule has 0 aromatic carbocycles. The summed E-state index contributed by atoms with van der Waals surface area (Å²) < 4.78 is 5.30. The largest absolute Gasteiger partial charge is 0.447 e. The SMILES string of the molecule is CN1CCCC1c1nc(CO)co1. The van der Waals surface area contributed by atoms with E-state index in [1.54, 1.807) is 0 Å². The van der Waals surface area contributed by atoms with Crippen LogP contribution in [0, 0.1) is 0 Å². The van der Waals surface area contributed by atoms with Gasteiger partial charge in [0.05, 0.1) is 12.6 Å². The Balaban J connectivity index is 2.15. The molecule has 13 heavy (non-hydrogen) atoms. The van der Waals surface area contributed by atoms with Crippen molar-refractivity contribution in [3.63, 3.8) is 0 Å². The van der Waals surface area contributed by atoms with Crippen molar-refractivity contribution >= 4 is 0 Å². The molecule has 4 heteroatoms. The van der Waals surface area contributed by atoms with Gasteiger partial charge in [-0.1, -0.05) is 0 Å². The number of aliphatic hydroxyl groups excluding tert-OH is 1. The molecule has 0 aliphatic carbocycles. The van der Waals surface area contributed by atoms with Crippen molar-refractivity contribution in [1.29, 1.82) is 0 Å². The number of likely N-dealkylation sites (tertiary alicyclic amines) is 1. The maximum atomic E-state index is 8.82. The molecule has 0 bridgehead atoms. The zero-order chi connectivity index (χ0) is 9.26. The van der Waals surface area contributed by atoms with Crippen LogP contribution in [0.3, 0.4) is 0 Å². The Bertz CT molecular complexity index is 285. The van der Waals surface area contributed by atoms with E-state index in [4.69, 9.17) is 9.52 Å². The molecule has 0 spiro atoms. The fourth-order valence-corrected chi connectivity index (χ4v) is 1.77. The van der Waals surface area contributed by atoms with Crippen LogP contribution in [0.2, 0.25) is 0 Å². The summed E-state index contributed by atoms with van der Waals surface area (Å²) >= 11 is 0. The van der Waals surface area contributed by atoms with Crippen molar-refractivity contribution in [1.82, 2.24) is 9.88 Å². The van der Waals surface area contributed by atoms with E-state index in [0.29, 0.717) is 11.7 Å². The lowest BCUT2D eigenvalue weighted by Crippen LogP contribution is -2.17. The van der Waals surface area contributed by atoms with Crippen LogP contribution in [0.15, 0.2) is 10.7 Å². The Kier molecular flexibility index (Phi) is 2.33. The highest BCUT2D eigenvalue weighted by Gasteiger charge is 2.26. The van der Waals surface area contributed by atoms with Gasteiger partial charge in [-0.3, -0.25) is 4.90 Å². The zero-order valence-electron chi connectivity index (χ0n) is 7.73. The number of rotatable bonds is 2. The number of aliphatic hydroxyl groups is 1. The monoisotopic (exact) mass is 182 g/mol. The van der Waals surface area contributed by atoms with Gasteiger partial charge in [-0.25, -0.2) is 4.98 Å². The molecule has 4 nitrogen and oxygen atoms in total. The third-order valence-corrected chi connectivity index (χ3v) is 2.54. The van der Waals surface area contributed by atoms with Gasteiger partial charge in [0, 0.05) is 0 Å². The summed E-state index contributed by atoms with van der Waals surface area (Å²) in [4.78, 5) is 6.43. The Morgan fingerprint density at radius 2 is 2.62 bits per heavy atom. The number of oxazole rings is 1. The Morgan fingerprint density at radius 3 is 3.15 bits per heavy atom. The molecule has 1 aromatic rings. The van der Waals surface area contributed by atoms with Crippen LogP contribution >= 0.6 is 0 Å². The van der Waals surface area contributed by atoms with E-state index in [2.05, 4.69) is 16.9 Å². The van der Waals surface area contributed by atoms with Gasteiger partial charge < -0.3 is 9.52 Å². The summed E-state index contributed by atoms with van der Waals surface area (Å²) in [6.45, 7) is 1.06. The minimum atomic E-state index is -0.0417. The highest BCUT2D eigenvalue weighted by Crippen LogP contribution is 2.29. The minimum Gasteiger partial charge on any atom is -0.447 e. The second kappa shape index (κ2) is 3.47. The number of hydrogen-bond donors (Lipinski definition) is 1. The van der Waals surface area contributed by atoms with E-state index in [-0.39, 0.29) is 6.61 Å². The van der Waals surface area contributed by atoms with Gasteiger partial charge >= 0.3 is 0 Å². The van der Waals surface area contributed by atoms with E-state index < -0.39 is 0 Å². The van der Waals surface area contributed by atoms with Gasteiger partial charge in [-0.05, 0) is 26.4 Å². The second-order valence-corrected chi connectivity index (χ2v) is 3.47. The van der Waals surface area contributed by atoms with Crippen molar-refractivity contribution in [3.8, 4) is 0 Å². The van der Waals surface area contributed by atoms with Crippen LogP contribution < -0.4 is 0 Å². The number of nitrogens with zero attached hydrogens (tertiary/aromatic N) is 2. The Hall–Kier alpha value is -0.870. The van der Waals surface area contributed by atoms with Crippen LogP contribution in [0.5, 0.6) is 0 Å². The maximum absolute atomic E-state index is 8.82. The molecule has 1 aromatic heterocycles. The zero-order valence-corrected chi connectivity index (χ0v) is 7.73. The lowest BCUT2D eigenvalue weighted by molar-refractivity contribution is 0.267. The molecule has 2 heterocycles. The minimum absolute atomic E-state index is 0.0417. The molecule has 1 aliphatic heterocycles. The molecule has 1 aliphatic rings. The Morgan fingerprint density at radius 1 is 1.77 bits per heavy atom. The average Bonchev–Trinajstić information content (AvgIpc) is 2.71. The van der Waals surface area contributed by atoms with Crippen LogP contribution in [-0.4, -0.2) is 28.6 Å². The van der Waals surface area contributed by atoms with Crippen LogP contribution in [0.4, 0.5) is 0 Å². The van der Waals surface area contributed by atoms with E-state index >= 15 is 0 Å². The third-order valence-electron chi connectivity index (χ3n) is 2.54. The normalized spacial score (nSPS) is 24.0. The lowest BCUT2D eigenvalue weighted by atomic mass is 10.2. The summed E-state index contributed by atoms with van der Waals surface area (Å²) in [6.07, 6.45) is 3.82. The first-order valence-electron chi connectivity index (χ1n) is 4.56. The number of hydrogen-bond acceptors (Lipinski definition) is 4. The number of aromatic nitrogens is 1. The molecule has 1 N–H and O–H groups in total. The van der Waals surface area contributed by atoms with Gasteiger partial charge in [0.15, 0.2) is 0 Å². The van der Waals surface area contributed by atoms with Crippen molar-refractivity contribution in [2.75, 3.05) is 13.6 Å². The fourth-order valence-electron chi connectivity index (χ4n) is 1.77. The standard InChI is InChI=1S/C9H14N2O2/c1-11-4-2-3-8(11)9-10-7(5-12)6-13-9/h6,8,12H,2-5H2,1H3. The molecular weight excluding hydrogens is 168 g/mol. The van der Waals surface area contributed by atoms with Crippen LogP contribution in [-0.2, 0) is 6.61 Å². The highest BCUT2D eigenvalue weighted by molar-refractivity contribution is 5.00. The van der Waals surface area contributed by atoms with Gasteiger partial charge in [0.2, 0.25) is 5.89 Å². The van der Waals surface area contributed by atoms with Gasteiger partial charge in [-0.2, -0.15) is 0 Å². The average molecular weight is 182 g/mol. The first-order valence-corrected chi connectivity index (χ1v) is 4.56. The highest BCUT2D eigenvalue weighted by atomic mass is 16.3. The van der Waals surface area contributed by atoms with Crippen molar-refractivity contribution in [3.05, 3.63) is 17.8 Å². The molecule has 1 atom stereocenters. The third kappa shape index (κ3) is 1.59. The van der Waals surface area contributed by atoms with E-state index in [1.165, 1.54) is 12.7 Å². The van der Waals surface area contributed by atoms with Gasteiger partial charge in [0.25, 0.3) is 0 Å². The van der Waals surface area contributed by atoms with Crippen molar-refractivity contribution < 1.29 is 9.52 Å². The summed E-state index contributed by atoms with van der Waals surface area (Å²) in [5, 5.41) is 8.82. The first-order chi connectivity index (χ1) is 6.31. The molecule has 1 saturated heterocycles. The van der Waals surface area contributed by atoms with Crippen molar-refractivity contribution in [2.24, 2.45) is 0 Å². The quantitative estimate of drug-likeness (QED) is 0.739. The van der Waals surface area contributed by atoms with Gasteiger partial charge in [0.1, 0.15) is 12.0 Å². The predicted molar refractivity (Wildman–Crippen MR) is 47.0 cm³/mol. The molecule has 0 saturated carbocycles. The Labute approximate surface area is 77.2 Å². The van der Waals surface area contributed by atoms with E-state index in [9.17, 15) is 0 Å². The topological polar surface area (TPSA) is 49.5 Å².